The Hall–Kier alpha value is -1.04. The summed E-state index contributed by atoms with van der Waals surface area (Å²) in [6.45, 7) is 5.24. The minimum atomic E-state index is -0.315. The molecule has 6 heteroatoms. The van der Waals surface area contributed by atoms with Crippen LogP contribution in [0.25, 0.3) is 0 Å². The Morgan fingerprint density at radius 3 is 2.79 bits per heavy atom. The second kappa shape index (κ2) is 6.41. The number of carbonyl (C=O) groups excluding carboxylic acids is 2. The van der Waals surface area contributed by atoms with Gasteiger partial charge in [0, 0.05) is 11.7 Å². The van der Waals surface area contributed by atoms with Gasteiger partial charge in [-0.3, -0.25) is 19.9 Å². The molecule has 0 aromatic carbocycles. The van der Waals surface area contributed by atoms with Gasteiger partial charge in [0.25, 0.3) is 0 Å². The fourth-order valence-electron chi connectivity index (χ4n) is 2.51. The fourth-order valence-corrected chi connectivity index (χ4v) is 3.88. The van der Waals surface area contributed by atoms with Crippen molar-refractivity contribution in [1.82, 2.24) is 10.6 Å². The molecule has 5 nitrogen and oxygen atoms in total. The molecule has 2 amide bonds. The number of aliphatic imine (C=N–C) groups is 1. The van der Waals surface area contributed by atoms with E-state index in [-0.39, 0.29) is 17.9 Å². The highest BCUT2D eigenvalue weighted by molar-refractivity contribution is 8.14. The standard InChI is InChI=1S/C13H21N3O2S/c1-3-8(4-2)10-7-14-13(19-10)15-9-5-6-11(17)16-12(9)18/h8-10H,3-7H2,1-2H3,(H,14,15)(H,16,17,18). The lowest BCUT2D eigenvalue weighted by atomic mass is 9.99. The third-order valence-electron chi connectivity index (χ3n) is 3.79. The van der Waals surface area contributed by atoms with E-state index in [2.05, 4.69) is 29.5 Å². The van der Waals surface area contributed by atoms with Crippen molar-refractivity contribution in [1.29, 1.82) is 0 Å². The molecule has 19 heavy (non-hydrogen) atoms. The van der Waals surface area contributed by atoms with Gasteiger partial charge in [0.2, 0.25) is 11.8 Å². The molecule has 1 saturated heterocycles. The van der Waals surface area contributed by atoms with Crippen LogP contribution in [0.2, 0.25) is 0 Å². The molecule has 0 spiro atoms. The maximum Gasteiger partial charge on any atom is 0.249 e. The van der Waals surface area contributed by atoms with Gasteiger partial charge >= 0.3 is 0 Å². The van der Waals surface area contributed by atoms with Gasteiger partial charge in [0.05, 0.1) is 6.54 Å². The molecule has 2 atom stereocenters. The number of hydrogen-bond acceptors (Lipinski definition) is 5. The third-order valence-corrected chi connectivity index (χ3v) is 5.10. The summed E-state index contributed by atoms with van der Waals surface area (Å²) >= 11 is 1.74. The summed E-state index contributed by atoms with van der Waals surface area (Å²) in [4.78, 5) is 27.2. The molecule has 2 heterocycles. The van der Waals surface area contributed by atoms with Crippen molar-refractivity contribution >= 4 is 28.7 Å². The normalized spacial score (nSPS) is 27.4. The van der Waals surface area contributed by atoms with E-state index in [0.717, 1.165) is 24.6 Å². The Bertz CT molecular complexity index is 393. The smallest absolute Gasteiger partial charge is 0.249 e. The van der Waals surface area contributed by atoms with Gasteiger partial charge in [0.1, 0.15) is 6.04 Å². The van der Waals surface area contributed by atoms with E-state index in [1.165, 1.54) is 0 Å². The van der Waals surface area contributed by atoms with Crippen molar-refractivity contribution in [3.8, 4) is 0 Å². The Labute approximate surface area is 118 Å². The van der Waals surface area contributed by atoms with Crippen LogP contribution in [0.4, 0.5) is 0 Å². The minimum absolute atomic E-state index is 0.182. The number of piperidine rings is 1. The van der Waals surface area contributed by atoms with Gasteiger partial charge in [-0.1, -0.05) is 38.5 Å². The number of thioether (sulfide) groups is 1. The van der Waals surface area contributed by atoms with Crippen molar-refractivity contribution < 1.29 is 9.59 Å². The van der Waals surface area contributed by atoms with Crippen LogP contribution in [0.1, 0.15) is 39.5 Å². The molecular weight excluding hydrogens is 262 g/mol. The molecule has 2 aliphatic heterocycles. The topological polar surface area (TPSA) is 70.6 Å². The monoisotopic (exact) mass is 283 g/mol. The third kappa shape index (κ3) is 3.49. The van der Waals surface area contributed by atoms with Crippen LogP contribution in [0, 0.1) is 5.92 Å². The summed E-state index contributed by atoms with van der Waals surface area (Å²) in [5.74, 6) is 0.263. The first-order valence-electron chi connectivity index (χ1n) is 6.95. The van der Waals surface area contributed by atoms with E-state index in [0.29, 0.717) is 24.0 Å². The average molecular weight is 283 g/mol. The lowest BCUT2D eigenvalue weighted by Crippen LogP contribution is -2.51. The van der Waals surface area contributed by atoms with Crippen molar-refractivity contribution in [2.75, 3.05) is 6.54 Å². The molecule has 0 bridgehead atoms. The number of hydrogen-bond donors (Lipinski definition) is 2. The first-order chi connectivity index (χ1) is 9.13. The lowest BCUT2D eigenvalue weighted by Gasteiger charge is -2.23. The summed E-state index contributed by atoms with van der Waals surface area (Å²) in [5.41, 5.74) is 0. The molecule has 106 valence electrons. The minimum Gasteiger partial charge on any atom is -0.353 e. The van der Waals surface area contributed by atoms with E-state index in [9.17, 15) is 9.59 Å². The van der Waals surface area contributed by atoms with Crippen LogP contribution in [0.5, 0.6) is 0 Å². The van der Waals surface area contributed by atoms with Gasteiger partial charge < -0.3 is 5.32 Å². The predicted octanol–water partition coefficient (Wildman–Crippen LogP) is 1.29. The van der Waals surface area contributed by atoms with E-state index < -0.39 is 0 Å². The van der Waals surface area contributed by atoms with Gasteiger partial charge in [0.15, 0.2) is 5.17 Å². The van der Waals surface area contributed by atoms with E-state index >= 15 is 0 Å². The van der Waals surface area contributed by atoms with Crippen LogP contribution in [0.15, 0.2) is 4.99 Å². The fraction of sp³-hybridized carbons (Fsp3) is 0.769. The van der Waals surface area contributed by atoms with Crippen molar-refractivity contribution in [3.05, 3.63) is 0 Å². The predicted molar refractivity (Wildman–Crippen MR) is 77.1 cm³/mol. The maximum absolute atomic E-state index is 11.7. The van der Waals surface area contributed by atoms with Crippen LogP contribution < -0.4 is 10.6 Å². The SMILES string of the molecule is CCC(CC)C1CN=C(NC2CCC(=O)NC2=O)S1. The molecule has 2 rings (SSSR count). The summed E-state index contributed by atoms with van der Waals surface area (Å²) in [6.07, 6.45) is 3.28. The Balaban J connectivity index is 1.85. The second-order valence-electron chi connectivity index (χ2n) is 5.03. The second-order valence-corrected chi connectivity index (χ2v) is 6.25. The van der Waals surface area contributed by atoms with E-state index in [1.54, 1.807) is 11.8 Å². The van der Waals surface area contributed by atoms with Gasteiger partial charge in [-0.05, 0) is 12.3 Å². The average Bonchev–Trinajstić information content (AvgIpc) is 2.83. The Kier molecular flexibility index (Phi) is 4.85. The molecule has 2 unspecified atom stereocenters. The number of carbonyl (C=O) groups is 2. The van der Waals surface area contributed by atoms with E-state index in [4.69, 9.17) is 0 Å². The number of nitrogens with zero attached hydrogens (tertiary/aromatic N) is 1. The van der Waals surface area contributed by atoms with Crippen molar-refractivity contribution in [3.63, 3.8) is 0 Å². The molecule has 0 aromatic rings. The molecule has 0 aliphatic carbocycles. The van der Waals surface area contributed by atoms with Gasteiger partial charge in [-0.15, -0.1) is 0 Å². The molecule has 2 aliphatic rings. The molecular formula is C13H21N3O2S. The first-order valence-corrected chi connectivity index (χ1v) is 7.83. The van der Waals surface area contributed by atoms with Crippen LogP contribution in [0.3, 0.4) is 0 Å². The molecule has 0 aromatic heterocycles. The molecule has 2 N–H and O–H groups in total. The number of imide groups is 1. The van der Waals surface area contributed by atoms with Gasteiger partial charge in [-0.2, -0.15) is 0 Å². The number of amidine groups is 1. The summed E-state index contributed by atoms with van der Waals surface area (Å²) in [7, 11) is 0. The highest BCUT2D eigenvalue weighted by Crippen LogP contribution is 2.30. The molecule has 1 fully saturated rings. The Morgan fingerprint density at radius 2 is 2.16 bits per heavy atom. The van der Waals surface area contributed by atoms with Crippen LogP contribution >= 0.6 is 11.8 Å². The van der Waals surface area contributed by atoms with Crippen LogP contribution in [-0.2, 0) is 9.59 Å². The van der Waals surface area contributed by atoms with Crippen molar-refractivity contribution in [2.24, 2.45) is 10.9 Å². The molecule has 0 saturated carbocycles. The first kappa shape index (κ1) is 14.4. The lowest BCUT2D eigenvalue weighted by molar-refractivity contribution is -0.134. The highest BCUT2D eigenvalue weighted by atomic mass is 32.2. The maximum atomic E-state index is 11.7. The summed E-state index contributed by atoms with van der Waals surface area (Å²) < 4.78 is 0. The Morgan fingerprint density at radius 1 is 1.42 bits per heavy atom. The summed E-state index contributed by atoms with van der Waals surface area (Å²) in [5, 5.41) is 6.90. The quantitative estimate of drug-likeness (QED) is 0.763. The zero-order chi connectivity index (χ0) is 13.8. The largest absolute Gasteiger partial charge is 0.353 e. The highest BCUT2D eigenvalue weighted by Gasteiger charge is 2.31. The van der Waals surface area contributed by atoms with E-state index in [1.807, 2.05) is 0 Å². The number of nitrogens with one attached hydrogen (secondary N) is 2. The number of rotatable bonds is 4. The summed E-state index contributed by atoms with van der Waals surface area (Å²) in [6, 6.07) is -0.315. The van der Waals surface area contributed by atoms with Crippen molar-refractivity contribution in [2.45, 2.75) is 50.8 Å². The van der Waals surface area contributed by atoms with Crippen LogP contribution in [-0.4, -0.2) is 34.8 Å². The molecule has 0 radical (unpaired) electrons. The zero-order valence-electron chi connectivity index (χ0n) is 11.4. The number of amides is 2. The van der Waals surface area contributed by atoms with Gasteiger partial charge in [-0.25, -0.2) is 0 Å². The zero-order valence-corrected chi connectivity index (χ0v) is 12.3.